The van der Waals surface area contributed by atoms with Crippen LogP contribution in [-0.2, 0) is 12.3 Å². The van der Waals surface area contributed by atoms with Gasteiger partial charge in [-0.05, 0) is 0 Å². The van der Waals surface area contributed by atoms with Gasteiger partial charge in [-0.25, -0.2) is 0 Å². The van der Waals surface area contributed by atoms with Crippen molar-refractivity contribution in [3.63, 3.8) is 0 Å². The first-order chi connectivity index (χ1) is 20.8. The van der Waals surface area contributed by atoms with Gasteiger partial charge in [0.25, 0.3) is 0 Å². The maximum absolute atomic E-state index is 7.51. The van der Waals surface area contributed by atoms with Crippen LogP contribution in [0, 0.1) is 11.8 Å². The van der Waals surface area contributed by atoms with Crippen molar-refractivity contribution in [3.8, 4) is 0 Å². The molecule has 1 aliphatic heterocycles. The second kappa shape index (κ2) is 12.5. The van der Waals surface area contributed by atoms with E-state index in [-0.39, 0.29) is 11.8 Å². The Morgan fingerprint density at radius 2 is 0.571 bits per heavy atom. The predicted molar refractivity (Wildman–Crippen MR) is 171 cm³/mol. The van der Waals surface area contributed by atoms with Gasteiger partial charge in [0.05, 0.1) is 0 Å². The van der Waals surface area contributed by atoms with E-state index in [1.807, 2.05) is 24.3 Å². The van der Waals surface area contributed by atoms with Gasteiger partial charge >= 0.3 is 259 Å². The van der Waals surface area contributed by atoms with Gasteiger partial charge in [0, 0.05) is 0 Å². The molecular weight excluding hydrogens is 734 g/mol. The van der Waals surface area contributed by atoms with Gasteiger partial charge in [-0.3, -0.25) is 0 Å². The van der Waals surface area contributed by atoms with E-state index in [9.17, 15) is 0 Å². The Morgan fingerprint density at radius 1 is 0.333 bits per heavy atom. The molecule has 2 aliphatic carbocycles. The first-order valence-corrected chi connectivity index (χ1v) is 24.8. The van der Waals surface area contributed by atoms with Crippen molar-refractivity contribution >= 4 is 52.7 Å². The zero-order valence-corrected chi connectivity index (χ0v) is 28.8. The van der Waals surface area contributed by atoms with Crippen molar-refractivity contribution in [1.82, 2.24) is 0 Å². The minimum absolute atomic E-state index is 0.0768. The molecule has 0 unspecified atom stereocenters. The van der Waals surface area contributed by atoms with Gasteiger partial charge in [-0.1, -0.05) is 0 Å². The third-order valence-corrected chi connectivity index (χ3v) is 26.9. The third kappa shape index (κ3) is 5.40. The molecule has 0 aromatic heterocycles. The van der Waals surface area contributed by atoms with Crippen LogP contribution in [0.5, 0.6) is 0 Å². The fourth-order valence-electron chi connectivity index (χ4n) is 5.84. The summed E-state index contributed by atoms with van der Waals surface area (Å²) in [6, 6.07) is 41.8. The van der Waals surface area contributed by atoms with Crippen LogP contribution in [0.15, 0.2) is 170 Å². The van der Waals surface area contributed by atoms with E-state index >= 15 is 0 Å². The Hall–Kier alpha value is -2.72. The van der Waals surface area contributed by atoms with Gasteiger partial charge in [-0.2, -0.15) is 0 Å². The average Bonchev–Trinajstić information content (AvgIpc) is 3.79. The topological polar surface area (TPSA) is 36.9 Å². The first-order valence-electron chi connectivity index (χ1n) is 14.4. The van der Waals surface area contributed by atoms with E-state index in [2.05, 4.69) is 146 Å². The van der Waals surface area contributed by atoms with Crippen molar-refractivity contribution in [1.29, 1.82) is 0 Å². The van der Waals surface area contributed by atoms with Crippen molar-refractivity contribution in [3.05, 3.63) is 170 Å². The summed E-state index contributed by atoms with van der Waals surface area (Å²) in [5, 5.41) is 0. The normalized spacial score (nSPS) is 23.1. The van der Waals surface area contributed by atoms with E-state index in [4.69, 9.17) is 12.3 Å². The monoisotopic (exact) mass is 768 g/mol. The summed E-state index contributed by atoms with van der Waals surface area (Å²) in [4.78, 5) is 0. The van der Waals surface area contributed by atoms with Gasteiger partial charge in [-0.15, -0.1) is 0 Å². The number of hydrogen-bond acceptors (Lipinski definition) is 4. The van der Waals surface area contributed by atoms with Crippen molar-refractivity contribution in [2.24, 2.45) is 11.8 Å². The van der Waals surface area contributed by atoms with Gasteiger partial charge in [0.1, 0.15) is 0 Å². The summed E-state index contributed by atoms with van der Waals surface area (Å²) in [5.74, 6) is -0.154. The minimum atomic E-state index is -4.47. The number of rotatable bonds is 6. The SMILES string of the molecule is C1=CC(C2[O][Sn]([c]3ccccc3)([c]3ccccc3)[O]C(C3C=CC=C3)[O][Sn]([c]3ccccc3)([c]3ccccc3)[O]2)C=C1. The second-order valence-electron chi connectivity index (χ2n) is 10.6. The zero-order chi connectivity index (χ0) is 28.2. The fourth-order valence-corrected chi connectivity index (χ4v) is 26.0. The molecule has 0 saturated carbocycles. The summed E-state index contributed by atoms with van der Waals surface area (Å²) in [6.07, 6.45) is 15.7. The van der Waals surface area contributed by atoms with Gasteiger partial charge in [0.15, 0.2) is 0 Å². The Bertz CT molecular complexity index is 1360. The Morgan fingerprint density at radius 3 is 0.810 bits per heavy atom. The van der Waals surface area contributed by atoms with E-state index in [1.54, 1.807) is 0 Å². The molecule has 4 aromatic rings. The molecule has 0 atom stereocenters. The van der Waals surface area contributed by atoms with Crippen LogP contribution in [0.3, 0.4) is 0 Å². The van der Waals surface area contributed by atoms with Crippen LogP contribution in [0.25, 0.3) is 0 Å². The van der Waals surface area contributed by atoms with Gasteiger partial charge < -0.3 is 0 Å². The summed E-state index contributed by atoms with van der Waals surface area (Å²) < 4.78 is 34.4. The molecule has 4 nitrogen and oxygen atoms in total. The van der Waals surface area contributed by atoms with Crippen molar-refractivity contribution in [2.45, 2.75) is 12.6 Å². The van der Waals surface area contributed by atoms with Crippen LogP contribution in [0.2, 0.25) is 0 Å². The van der Waals surface area contributed by atoms with E-state index in [0.717, 1.165) is 14.3 Å². The molecule has 0 amide bonds. The van der Waals surface area contributed by atoms with Crippen LogP contribution in [0.1, 0.15) is 0 Å². The molecule has 0 radical (unpaired) electrons. The molecule has 42 heavy (non-hydrogen) atoms. The molecule has 6 heteroatoms. The van der Waals surface area contributed by atoms with Crippen molar-refractivity contribution in [2.75, 3.05) is 0 Å². The second-order valence-corrected chi connectivity index (χ2v) is 26.9. The van der Waals surface area contributed by atoms with Crippen LogP contribution in [-0.4, -0.2) is 51.0 Å². The molecule has 0 bridgehead atoms. The van der Waals surface area contributed by atoms with E-state index in [0.29, 0.717) is 0 Å². The molecule has 1 saturated heterocycles. The molecular formula is C36H32O4Sn2. The molecule has 208 valence electrons. The Labute approximate surface area is 257 Å². The predicted octanol–water partition coefficient (Wildman–Crippen LogP) is 4.72. The van der Waals surface area contributed by atoms with E-state index < -0.39 is 51.0 Å². The maximum atomic E-state index is 7.51. The molecule has 1 fully saturated rings. The standard InChI is InChI=1S/2C6H6O2.4C6H5.2Sn/c2*7-6(8)5-3-1-2-4-5;4*1-2-4-6-5-3-1;;/h2*1-6H;4*1-5H;;/q2*-2;;;;;2*+2. The van der Waals surface area contributed by atoms with E-state index in [1.165, 1.54) is 0 Å². The fraction of sp³-hybridized carbons (Fsp3) is 0.111. The quantitative estimate of drug-likeness (QED) is 0.267. The first kappa shape index (κ1) is 28.1. The van der Waals surface area contributed by atoms with Crippen LogP contribution >= 0.6 is 0 Å². The number of allylic oxidation sites excluding steroid dienone is 4. The summed E-state index contributed by atoms with van der Waals surface area (Å²) in [7, 11) is 0. The molecule has 4 aromatic carbocycles. The Balaban J connectivity index is 1.47. The van der Waals surface area contributed by atoms with Crippen LogP contribution < -0.4 is 14.3 Å². The molecule has 1 heterocycles. The molecule has 3 aliphatic rings. The van der Waals surface area contributed by atoms with Gasteiger partial charge in [0.2, 0.25) is 0 Å². The molecule has 0 N–H and O–H groups in total. The average molecular weight is 766 g/mol. The molecule has 0 spiro atoms. The van der Waals surface area contributed by atoms with Crippen molar-refractivity contribution < 1.29 is 12.3 Å². The zero-order valence-electron chi connectivity index (χ0n) is 23.1. The number of benzene rings is 4. The molecule has 7 rings (SSSR count). The third-order valence-electron chi connectivity index (χ3n) is 7.93. The number of hydrogen-bond donors (Lipinski definition) is 0. The van der Waals surface area contributed by atoms with Crippen LogP contribution in [0.4, 0.5) is 0 Å². The summed E-state index contributed by atoms with van der Waals surface area (Å²) in [6.45, 7) is 0. The summed E-state index contributed by atoms with van der Waals surface area (Å²) in [5.41, 5.74) is 0. The summed E-state index contributed by atoms with van der Waals surface area (Å²) >= 11 is -8.94. The Kier molecular flexibility index (Phi) is 8.34.